The molecule has 0 bridgehead atoms. The summed E-state index contributed by atoms with van der Waals surface area (Å²) in [6, 6.07) is 5.88. The predicted octanol–water partition coefficient (Wildman–Crippen LogP) is 4.89. The van der Waals surface area contributed by atoms with Crippen molar-refractivity contribution in [1.29, 1.82) is 0 Å². The van der Waals surface area contributed by atoms with E-state index < -0.39 is 6.10 Å². The second-order valence-corrected chi connectivity index (χ2v) is 9.30. The van der Waals surface area contributed by atoms with E-state index >= 15 is 0 Å². The van der Waals surface area contributed by atoms with Crippen LogP contribution in [0, 0.1) is 13.8 Å². The number of hydrogen-bond donors (Lipinski definition) is 1. The van der Waals surface area contributed by atoms with E-state index in [0.29, 0.717) is 6.42 Å². The van der Waals surface area contributed by atoms with Crippen LogP contribution in [0.25, 0.3) is 0 Å². The largest absolute Gasteiger partial charge is 0.453 e. The van der Waals surface area contributed by atoms with Gasteiger partial charge in [-0.3, -0.25) is 9.59 Å². The minimum absolute atomic E-state index is 0.290. The molecule has 0 spiro atoms. The van der Waals surface area contributed by atoms with Crippen LogP contribution in [0.2, 0.25) is 0 Å². The van der Waals surface area contributed by atoms with Crippen LogP contribution in [0.1, 0.15) is 50.2 Å². The Morgan fingerprint density at radius 3 is 2.84 bits per heavy atom. The van der Waals surface area contributed by atoms with Gasteiger partial charge in [-0.15, -0.1) is 0 Å². The van der Waals surface area contributed by atoms with Gasteiger partial charge >= 0.3 is 5.97 Å². The van der Waals surface area contributed by atoms with E-state index in [1.807, 2.05) is 53.6 Å². The SMILES string of the molecule is Cc1ccc(C)c(NC(=O)[C@@H](C)OC(=O)CCCC[C@H]2CCSS2)c1. The molecule has 1 aromatic rings. The molecule has 1 aliphatic heterocycles. The number of amides is 1. The molecule has 1 N–H and O–H groups in total. The molecule has 1 amide bonds. The lowest BCUT2D eigenvalue weighted by molar-refractivity contribution is -0.153. The first-order valence-corrected chi connectivity index (χ1v) is 11.2. The van der Waals surface area contributed by atoms with Crippen molar-refractivity contribution in [2.75, 3.05) is 11.1 Å². The third kappa shape index (κ3) is 6.94. The normalized spacial score (nSPS) is 18.0. The lowest BCUT2D eigenvalue weighted by Crippen LogP contribution is -2.30. The second-order valence-electron chi connectivity index (χ2n) is 6.51. The van der Waals surface area contributed by atoms with Gasteiger partial charge in [-0.25, -0.2) is 0 Å². The van der Waals surface area contributed by atoms with Crippen molar-refractivity contribution >= 4 is 39.2 Å². The highest BCUT2D eigenvalue weighted by Gasteiger charge is 2.19. The van der Waals surface area contributed by atoms with Crippen LogP contribution in [-0.4, -0.2) is 29.0 Å². The number of hydrogen-bond acceptors (Lipinski definition) is 5. The molecular weight excluding hydrogens is 354 g/mol. The van der Waals surface area contributed by atoms with Gasteiger partial charge in [0.25, 0.3) is 5.91 Å². The smallest absolute Gasteiger partial charge is 0.306 e. The van der Waals surface area contributed by atoms with Gasteiger partial charge in [0.1, 0.15) is 0 Å². The quantitative estimate of drug-likeness (QED) is 0.395. The highest BCUT2D eigenvalue weighted by atomic mass is 33.1. The molecule has 25 heavy (non-hydrogen) atoms. The van der Waals surface area contributed by atoms with E-state index in [1.165, 1.54) is 12.2 Å². The van der Waals surface area contributed by atoms with Crippen LogP contribution in [0.4, 0.5) is 5.69 Å². The van der Waals surface area contributed by atoms with Crippen molar-refractivity contribution in [3.05, 3.63) is 29.3 Å². The monoisotopic (exact) mass is 381 g/mol. The lowest BCUT2D eigenvalue weighted by atomic mass is 10.1. The minimum Gasteiger partial charge on any atom is -0.453 e. The number of rotatable bonds is 8. The maximum absolute atomic E-state index is 12.2. The molecule has 0 aromatic heterocycles. The van der Waals surface area contributed by atoms with Crippen LogP contribution >= 0.6 is 21.6 Å². The summed E-state index contributed by atoms with van der Waals surface area (Å²) in [4.78, 5) is 24.1. The highest BCUT2D eigenvalue weighted by Crippen LogP contribution is 2.39. The van der Waals surface area contributed by atoms with Crippen molar-refractivity contribution in [1.82, 2.24) is 0 Å². The van der Waals surface area contributed by atoms with Crippen molar-refractivity contribution in [2.45, 2.75) is 64.2 Å². The fourth-order valence-corrected chi connectivity index (χ4v) is 5.65. The minimum atomic E-state index is -0.783. The van der Waals surface area contributed by atoms with Crippen molar-refractivity contribution < 1.29 is 14.3 Å². The molecule has 0 saturated carbocycles. The third-order valence-electron chi connectivity index (χ3n) is 4.21. The fraction of sp³-hybridized carbons (Fsp3) is 0.579. The molecular formula is C19H27NO3S2. The van der Waals surface area contributed by atoms with Crippen molar-refractivity contribution in [3.8, 4) is 0 Å². The van der Waals surface area contributed by atoms with E-state index in [0.717, 1.165) is 41.3 Å². The summed E-state index contributed by atoms with van der Waals surface area (Å²) in [5.41, 5.74) is 2.82. The summed E-state index contributed by atoms with van der Waals surface area (Å²) < 4.78 is 5.27. The average molecular weight is 382 g/mol. The molecule has 0 unspecified atom stereocenters. The van der Waals surface area contributed by atoms with Crippen molar-refractivity contribution in [2.24, 2.45) is 0 Å². The molecule has 0 aliphatic carbocycles. The zero-order chi connectivity index (χ0) is 18.2. The van der Waals surface area contributed by atoms with Crippen molar-refractivity contribution in [3.63, 3.8) is 0 Å². The third-order valence-corrected chi connectivity index (χ3v) is 7.22. The average Bonchev–Trinajstić information content (AvgIpc) is 3.08. The van der Waals surface area contributed by atoms with Crippen LogP contribution in [0.3, 0.4) is 0 Å². The Hall–Kier alpha value is -1.14. The molecule has 1 aliphatic rings. The van der Waals surface area contributed by atoms with Crippen LogP contribution in [0.5, 0.6) is 0 Å². The first-order chi connectivity index (χ1) is 12.0. The number of ether oxygens (including phenoxy) is 1. The summed E-state index contributed by atoms with van der Waals surface area (Å²) in [6.07, 6.45) is 3.89. The fourth-order valence-electron chi connectivity index (χ4n) is 2.62. The maximum atomic E-state index is 12.2. The van der Waals surface area contributed by atoms with E-state index in [9.17, 15) is 9.59 Å². The van der Waals surface area contributed by atoms with Gasteiger partial charge in [0, 0.05) is 23.1 Å². The molecule has 4 nitrogen and oxygen atoms in total. The van der Waals surface area contributed by atoms with Gasteiger partial charge < -0.3 is 10.1 Å². The number of unbranched alkanes of at least 4 members (excludes halogenated alkanes) is 1. The summed E-state index contributed by atoms with van der Waals surface area (Å²) in [6.45, 7) is 5.53. The zero-order valence-corrected chi connectivity index (χ0v) is 16.8. The van der Waals surface area contributed by atoms with Gasteiger partial charge in [-0.1, -0.05) is 40.1 Å². The van der Waals surface area contributed by atoms with Crippen LogP contribution in [0.15, 0.2) is 18.2 Å². The maximum Gasteiger partial charge on any atom is 0.306 e. The number of aryl methyl sites for hydroxylation is 2. The summed E-state index contributed by atoms with van der Waals surface area (Å²) in [5, 5.41) is 3.58. The van der Waals surface area contributed by atoms with Crippen LogP contribution < -0.4 is 5.32 Å². The standard InChI is InChI=1S/C19H27NO3S2/c1-13-8-9-14(2)17(12-13)20-19(22)15(3)23-18(21)7-5-4-6-16-10-11-24-25-16/h8-9,12,15-16H,4-7,10-11H2,1-3H3,(H,20,22)/t15-,16+/m1/s1. The molecule has 1 saturated heterocycles. The van der Waals surface area contributed by atoms with E-state index in [-0.39, 0.29) is 11.9 Å². The van der Waals surface area contributed by atoms with Gasteiger partial charge in [0.05, 0.1) is 0 Å². The van der Waals surface area contributed by atoms with Crippen LogP contribution in [-0.2, 0) is 14.3 Å². The first kappa shape index (κ1) is 20.2. The summed E-state index contributed by atoms with van der Waals surface area (Å²) >= 11 is 0. The number of benzene rings is 1. The number of carbonyl (C=O) groups is 2. The zero-order valence-electron chi connectivity index (χ0n) is 15.2. The lowest BCUT2D eigenvalue weighted by Gasteiger charge is -2.15. The molecule has 6 heteroatoms. The molecule has 1 aromatic carbocycles. The Balaban J connectivity index is 1.68. The molecule has 1 fully saturated rings. The number of carbonyl (C=O) groups excluding carboxylic acids is 2. The Labute approximate surface area is 158 Å². The Bertz CT molecular complexity index is 600. The van der Waals surface area contributed by atoms with E-state index in [2.05, 4.69) is 5.32 Å². The topological polar surface area (TPSA) is 55.4 Å². The second kappa shape index (κ2) is 10.1. The predicted molar refractivity (Wildman–Crippen MR) is 107 cm³/mol. The number of anilines is 1. The Morgan fingerprint density at radius 1 is 1.32 bits per heavy atom. The van der Waals surface area contributed by atoms with Gasteiger partial charge in [0.15, 0.2) is 6.10 Å². The van der Waals surface area contributed by atoms with Gasteiger partial charge in [-0.05, 0) is 57.2 Å². The molecule has 1 heterocycles. The van der Waals surface area contributed by atoms with E-state index in [1.54, 1.807) is 6.92 Å². The summed E-state index contributed by atoms with van der Waals surface area (Å²) in [7, 11) is 3.91. The Morgan fingerprint density at radius 2 is 2.12 bits per heavy atom. The molecule has 2 atom stereocenters. The summed E-state index contributed by atoms with van der Waals surface area (Å²) in [5.74, 6) is 0.656. The number of esters is 1. The Kier molecular flexibility index (Phi) is 8.16. The molecule has 138 valence electrons. The van der Waals surface area contributed by atoms with Gasteiger partial charge in [0.2, 0.25) is 0 Å². The highest BCUT2D eigenvalue weighted by molar-refractivity contribution is 8.77. The molecule has 2 rings (SSSR count). The first-order valence-electron chi connectivity index (χ1n) is 8.81. The van der Waals surface area contributed by atoms with E-state index in [4.69, 9.17) is 4.74 Å². The van der Waals surface area contributed by atoms with Gasteiger partial charge in [-0.2, -0.15) is 0 Å². The molecule has 0 radical (unpaired) electrons. The number of nitrogens with one attached hydrogen (secondary N) is 1.